The number of aliphatic hydroxyl groups is 3. The maximum atomic E-state index is 12.5. The van der Waals surface area contributed by atoms with Crippen LogP contribution in [0, 0.1) is 0 Å². The van der Waals surface area contributed by atoms with Gasteiger partial charge in [-0.15, -0.1) is 0 Å². The van der Waals surface area contributed by atoms with Crippen LogP contribution in [0.5, 0.6) is 17.2 Å². The molecule has 0 saturated carbocycles. The molecule has 0 spiro atoms. The Labute approximate surface area is 187 Å². The van der Waals surface area contributed by atoms with Gasteiger partial charge >= 0.3 is 11.9 Å². The Morgan fingerprint density at radius 3 is 2.21 bits per heavy atom. The van der Waals surface area contributed by atoms with Crippen molar-refractivity contribution in [2.75, 3.05) is 6.61 Å². The number of phenolic OH excluding ortho intramolecular Hbond substituents is 3. The SMILES string of the molecule is O=C(/C=C\c1ccccc1)OC1C(OC(=O)c2cc(O)c(O)c(O)c2)OC(CO)C(O)C1O. The Morgan fingerprint density at radius 2 is 1.61 bits per heavy atom. The minimum atomic E-state index is -1.79. The highest BCUT2D eigenvalue weighted by atomic mass is 16.7. The van der Waals surface area contributed by atoms with Crippen LogP contribution in [0.15, 0.2) is 48.5 Å². The molecular weight excluding hydrogens is 440 g/mol. The van der Waals surface area contributed by atoms with E-state index in [2.05, 4.69) is 0 Å². The van der Waals surface area contributed by atoms with Crippen LogP contribution in [0.4, 0.5) is 0 Å². The van der Waals surface area contributed by atoms with Gasteiger partial charge in [-0.1, -0.05) is 30.3 Å². The van der Waals surface area contributed by atoms with Crippen LogP contribution in [0.1, 0.15) is 15.9 Å². The number of rotatable bonds is 6. The summed E-state index contributed by atoms with van der Waals surface area (Å²) in [6, 6.07) is 10.4. The van der Waals surface area contributed by atoms with Gasteiger partial charge in [0, 0.05) is 6.08 Å². The highest BCUT2D eigenvalue weighted by Crippen LogP contribution is 2.36. The summed E-state index contributed by atoms with van der Waals surface area (Å²) in [6.45, 7) is -0.748. The first kappa shape index (κ1) is 24.0. The monoisotopic (exact) mass is 462 g/mol. The second-order valence-corrected chi connectivity index (χ2v) is 7.12. The molecular formula is C22H22O11. The molecule has 1 aliphatic rings. The zero-order chi connectivity index (χ0) is 24.1. The van der Waals surface area contributed by atoms with Gasteiger partial charge in [0.25, 0.3) is 0 Å². The first-order valence-electron chi connectivity index (χ1n) is 9.73. The van der Waals surface area contributed by atoms with E-state index in [1.807, 2.05) is 0 Å². The molecule has 1 saturated heterocycles. The summed E-state index contributed by atoms with van der Waals surface area (Å²) in [7, 11) is 0. The van der Waals surface area contributed by atoms with Crippen molar-refractivity contribution in [3.05, 3.63) is 59.7 Å². The number of esters is 2. The summed E-state index contributed by atoms with van der Waals surface area (Å²) in [4.78, 5) is 24.8. The number of carbonyl (C=O) groups excluding carboxylic acids is 2. The maximum Gasteiger partial charge on any atom is 0.340 e. The lowest BCUT2D eigenvalue weighted by Crippen LogP contribution is -2.60. The van der Waals surface area contributed by atoms with E-state index in [0.717, 1.165) is 18.2 Å². The predicted molar refractivity (Wildman–Crippen MR) is 110 cm³/mol. The van der Waals surface area contributed by atoms with Gasteiger partial charge in [0.15, 0.2) is 23.4 Å². The fourth-order valence-corrected chi connectivity index (χ4v) is 3.07. The second kappa shape index (κ2) is 10.3. The number of phenols is 3. The van der Waals surface area contributed by atoms with Crippen LogP contribution in [-0.2, 0) is 19.0 Å². The van der Waals surface area contributed by atoms with E-state index in [4.69, 9.17) is 14.2 Å². The standard InChI is InChI=1S/C22H22O11/c23-10-15-18(28)19(29)20(32-16(26)7-6-11-4-2-1-3-5-11)22(31-15)33-21(30)12-8-13(24)17(27)14(25)9-12/h1-9,15,18-20,22-25,27-29H,10H2/b7-6-. The van der Waals surface area contributed by atoms with E-state index in [1.54, 1.807) is 30.3 Å². The van der Waals surface area contributed by atoms with E-state index in [9.17, 15) is 40.2 Å². The molecule has 0 bridgehead atoms. The molecule has 11 nitrogen and oxygen atoms in total. The fourth-order valence-electron chi connectivity index (χ4n) is 3.07. The van der Waals surface area contributed by atoms with Crippen LogP contribution in [0.3, 0.4) is 0 Å². The molecule has 6 N–H and O–H groups in total. The van der Waals surface area contributed by atoms with E-state index in [0.29, 0.717) is 5.56 Å². The molecule has 0 aromatic heterocycles. The Hall–Kier alpha value is -3.64. The molecule has 0 radical (unpaired) electrons. The van der Waals surface area contributed by atoms with Crippen LogP contribution >= 0.6 is 0 Å². The lowest BCUT2D eigenvalue weighted by Gasteiger charge is -2.40. The summed E-state index contributed by atoms with van der Waals surface area (Å²) in [5.41, 5.74) is 0.284. The van der Waals surface area contributed by atoms with Crippen molar-refractivity contribution in [2.45, 2.75) is 30.7 Å². The van der Waals surface area contributed by atoms with Gasteiger partial charge in [-0.05, 0) is 23.8 Å². The highest BCUT2D eigenvalue weighted by Gasteiger charge is 2.48. The predicted octanol–water partition coefficient (Wildman–Crippen LogP) is 0.0244. The lowest BCUT2D eigenvalue weighted by molar-refractivity contribution is -0.288. The van der Waals surface area contributed by atoms with Gasteiger partial charge in [-0.3, -0.25) is 0 Å². The topological polar surface area (TPSA) is 183 Å². The van der Waals surface area contributed by atoms with Crippen molar-refractivity contribution in [1.29, 1.82) is 0 Å². The number of ether oxygens (including phenoxy) is 3. The first-order valence-corrected chi connectivity index (χ1v) is 9.73. The summed E-state index contributed by atoms with van der Waals surface area (Å²) in [5.74, 6) is -4.58. The summed E-state index contributed by atoms with van der Waals surface area (Å²) < 4.78 is 15.5. The minimum absolute atomic E-state index is 0.401. The Bertz CT molecular complexity index is 997. The quantitative estimate of drug-likeness (QED) is 0.193. The molecule has 3 rings (SSSR count). The molecule has 0 amide bonds. The van der Waals surface area contributed by atoms with Crippen LogP contribution < -0.4 is 0 Å². The molecule has 176 valence electrons. The number of benzene rings is 2. The van der Waals surface area contributed by atoms with Crippen LogP contribution in [0.25, 0.3) is 6.08 Å². The number of hydrogen-bond acceptors (Lipinski definition) is 11. The second-order valence-electron chi connectivity index (χ2n) is 7.12. The first-order chi connectivity index (χ1) is 15.7. The van der Waals surface area contributed by atoms with Crippen molar-refractivity contribution in [3.63, 3.8) is 0 Å². The zero-order valence-electron chi connectivity index (χ0n) is 17.0. The van der Waals surface area contributed by atoms with Gasteiger partial charge in [-0.25, -0.2) is 9.59 Å². The van der Waals surface area contributed by atoms with Crippen molar-refractivity contribution in [3.8, 4) is 17.2 Å². The Morgan fingerprint density at radius 1 is 0.970 bits per heavy atom. The molecule has 1 heterocycles. The van der Waals surface area contributed by atoms with E-state index < -0.39 is 72.1 Å². The number of aromatic hydroxyl groups is 3. The number of hydrogen-bond donors (Lipinski definition) is 6. The average molecular weight is 462 g/mol. The Balaban J connectivity index is 1.79. The smallest absolute Gasteiger partial charge is 0.340 e. The molecule has 5 unspecified atom stereocenters. The minimum Gasteiger partial charge on any atom is -0.504 e. The van der Waals surface area contributed by atoms with Gasteiger partial charge in [0.1, 0.15) is 18.3 Å². The van der Waals surface area contributed by atoms with Crippen molar-refractivity contribution in [1.82, 2.24) is 0 Å². The summed E-state index contributed by atoms with van der Waals surface area (Å²) >= 11 is 0. The third kappa shape index (κ3) is 5.59. The zero-order valence-corrected chi connectivity index (χ0v) is 17.0. The van der Waals surface area contributed by atoms with Crippen molar-refractivity contribution >= 4 is 18.0 Å². The number of carbonyl (C=O) groups is 2. The maximum absolute atomic E-state index is 12.5. The van der Waals surface area contributed by atoms with Gasteiger partial charge < -0.3 is 44.8 Å². The molecule has 11 heteroatoms. The molecule has 1 fully saturated rings. The van der Waals surface area contributed by atoms with Crippen molar-refractivity contribution in [2.24, 2.45) is 0 Å². The highest BCUT2D eigenvalue weighted by molar-refractivity contribution is 5.91. The van der Waals surface area contributed by atoms with E-state index in [-0.39, 0.29) is 0 Å². The van der Waals surface area contributed by atoms with Crippen molar-refractivity contribution < 1.29 is 54.4 Å². The largest absolute Gasteiger partial charge is 0.504 e. The van der Waals surface area contributed by atoms with Gasteiger partial charge in [0.2, 0.25) is 6.29 Å². The molecule has 2 aromatic rings. The fraction of sp³-hybridized carbons (Fsp3) is 0.273. The lowest BCUT2D eigenvalue weighted by atomic mass is 9.99. The van der Waals surface area contributed by atoms with Gasteiger partial charge in [0.05, 0.1) is 12.2 Å². The average Bonchev–Trinajstić information content (AvgIpc) is 2.81. The Kier molecular flexibility index (Phi) is 7.51. The third-order valence-corrected chi connectivity index (χ3v) is 4.82. The molecule has 5 atom stereocenters. The molecule has 1 aliphatic heterocycles. The molecule has 0 aliphatic carbocycles. The van der Waals surface area contributed by atoms with E-state index >= 15 is 0 Å². The summed E-state index contributed by atoms with van der Waals surface area (Å²) in [5, 5.41) is 58.5. The van der Waals surface area contributed by atoms with E-state index in [1.165, 1.54) is 6.08 Å². The third-order valence-electron chi connectivity index (χ3n) is 4.82. The van der Waals surface area contributed by atoms with Crippen LogP contribution in [0.2, 0.25) is 0 Å². The number of aliphatic hydroxyl groups excluding tert-OH is 3. The molecule has 2 aromatic carbocycles. The van der Waals surface area contributed by atoms with Crippen LogP contribution in [-0.4, -0.2) is 79.9 Å². The molecule has 33 heavy (non-hydrogen) atoms. The summed E-state index contributed by atoms with van der Waals surface area (Å²) in [6.07, 6.45) is -5.77. The van der Waals surface area contributed by atoms with Gasteiger partial charge in [-0.2, -0.15) is 0 Å². The normalized spacial score (nSPS) is 25.0.